The van der Waals surface area contributed by atoms with Gasteiger partial charge < -0.3 is 19.9 Å². The van der Waals surface area contributed by atoms with Crippen molar-refractivity contribution in [3.63, 3.8) is 0 Å². The second kappa shape index (κ2) is 7.18. The largest absolute Gasteiger partial charge is 0.381 e. The van der Waals surface area contributed by atoms with Gasteiger partial charge in [-0.1, -0.05) is 48.0 Å². The highest BCUT2D eigenvalue weighted by Crippen LogP contribution is 2.25. The minimum absolute atomic E-state index is 0.195. The molecule has 5 aromatic rings. The molecular formula is C23H19ClN4O. The quantitative estimate of drug-likeness (QED) is 0.381. The van der Waals surface area contributed by atoms with Crippen LogP contribution in [0.1, 0.15) is 11.1 Å². The molecule has 0 radical (unpaired) electrons. The Labute approximate surface area is 172 Å². The number of halogens is 1. The molecular weight excluding hydrogens is 384 g/mol. The summed E-state index contributed by atoms with van der Waals surface area (Å²) in [6, 6.07) is 22.1. The van der Waals surface area contributed by atoms with Crippen molar-refractivity contribution in [3.05, 3.63) is 99.6 Å². The molecule has 0 aliphatic carbocycles. The van der Waals surface area contributed by atoms with Crippen molar-refractivity contribution in [1.82, 2.24) is 14.5 Å². The molecule has 144 valence electrons. The minimum atomic E-state index is -0.195. The summed E-state index contributed by atoms with van der Waals surface area (Å²) in [6.45, 7) is 1.40. The summed E-state index contributed by atoms with van der Waals surface area (Å²) in [5.41, 5.74) is 5.83. The van der Waals surface area contributed by atoms with Crippen LogP contribution in [-0.2, 0) is 13.1 Å². The van der Waals surface area contributed by atoms with Crippen LogP contribution >= 0.6 is 11.6 Å². The molecule has 3 aromatic carbocycles. The molecule has 29 heavy (non-hydrogen) atoms. The van der Waals surface area contributed by atoms with Crippen LogP contribution in [0.15, 0.2) is 77.7 Å². The highest BCUT2D eigenvalue weighted by atomic mass is 35.5. The van der Waals surface area contributed by atoms with E-state index in [-0.39, 0.29) is 5.69 Å². The molecule has 0 amide bonds. The molecule has 6 heteroatoms. The van der Waals surface area contributed by atoms with Crippen LogP contribution in [0.4, 0.5) is 5.69 Å². The molecule has 2 heterocycles. The molecule has 0 aliphatic rings. The van der Waals surface area contributed by atoms with Crippen molar-refractivity contribution in [2.24, 2.45) is 0 Å². The molecule has 2 aromatic heterocycles. The molecule has 3 N–H and O–H groups in total. The number of nitrogens with zero attached hydrogens (tertiary/aromatic N) is 1. The zero-order valence-electron chi connectivity index (χ0n) is 15.6. The number of H-pyrrole nitrogens is 2. The number of imidazole rings is 1. The first-order chi connectivity index (χ1) is 14.2. The number of para-hydroxylation sites is 1. The molecule has 0 atom stereocenters. The number of anilines is 1. The summed E-state index contributed by atoms with van der Waals surface area (Å²) in [6.07, 6.45) is 2.18. The van der Waals surface area contributed by atoms with Gasteiger partial charge in [0.15, 0.2) is 0 Å². The first kappa shape index (κ1) is 17.6. The van der Waals surface area contributed by atoms with Crippen molar-refractivity contribution in [2.45, 2.75) is 13.1 Å². The summed E-state index contributed by atoms with van der Waals surface area (Å²) in [5, 5.41) is 5.46. The Morgan fingerprint density at radius 3 is 2.59 bits per heavy atom. The van der Waals surface area contributed by atoms with Crippen molar-refractivity contribution in [3.8, 4) is 0 Å². The Morgan fingerprint density at radius 2 is 1.69 bits per heavy atom. The third-order valence-electron chi connectivity index (χ3n) is 5.17. The van der Waals surface area contributed by atoms with Crippen LogP contribution < -0.4 is 11.0 Å². The van der Waals surface area contributed by atoms with Crippen LogP contribution in [-0.4, -0.2) is 14.5 Å². The van der Waals surface area contributed by atoms with Crippen molar-refractivity contribution in [2.75, 3.05) is 5.32 Å². The summed E-state index contributed by atoms with van der Waals surface area (Å²) >= 11 is 6.37. The fraction of sp³-hybridized carbons (Fsp3) is 0.0870. The van der Waals surface area contributed by atoms with Crippen LogP contribution in [0, 0.1) is 0 Å². The van der Waals surface area contributed by atoms with E-state index in [1.165, 1.54) is 16.5 Å². The zero-order chi connectivity index (χ0) is 19.8. The smallest absolute Gasteiger partial charge is 0.323 e. The van der Waals surface area contributed by atoms with Gasteiger partial charge in [-0.3, -0.25) is 0 Å². The summed E-state index contributed by atoms with van der Waals surface area (Å²) in [4.78, 5) is 17.0. The van der Waals surface area contributed by atoms with Crippen LogP contribution in [0.5, 0.6) is 0 Å². The van der Waals surface area contributed by atoms with E-state index in [9.17, 15) is 4.79 Å². The Balaban J connectivity index is 1.45. The lowest BCUT2D eigenvalue weighted by molar-refractivity contribution is 0.831. The molecule has 0 saturated carbocycles. The van der Waals surface area contributed by atoms with Gasteiger partial charge in [-0.25, -0.2) is 4.79 Å². The average Bonchev–Trinajstić information content (AvgIpc) is 3.27. The number of aromatic nitrogens is 3. The normalized spacial score (nSPS) is 11.3. The topological polar surface area (TPSA) is 65.6 Å². The van der Waals surface area contributed by atoms with E-state index in [2.05, 4.69) is 56.4 Å². The highest BCUT2D eigenvalue weighted by Gasteiger charge is 2.10. The minimum Gasteiger partial charge on any atom is -0.381 e. The van der Waals surface area contributed by atoms with E-state index in [4.69, 9.17) is 11.6 Å². The number of aromatic amines is 2. The number of hydrogen-bond donors (Lipinski definition) is 3. The van der Waals surface area contributed by atoms with Gasteiger partial charge >= 0.3 is 5.69 Å². The van der Waals surface area contributed by atoms with Crippen molar-refractivity contribution < 1.29 is 0 Å². The Bertz CT molecular complexity index is 1380. The molecule has 0 saturated heterocycles. The van der Waals surface area contributed by atoms with Gasteiger partial charge in [-0.05, 0) is 41.5 Å². The number of fused-ring (bicyclic) bond motifs is 2. The number of nitrogens with one attached hydrogen (secondary N) is 3. The lowest BCUT2D eigenvalue weighted by Gasteiger charge is -2.07. The third-order valence-corrected chi connectivity index (χ3v) is 5.54. The summed E-state index contributed by atoms with van der Waals surface area (Å²) < 4.78 is 2.24. The lowest BCUT2D eigenvalue weighted by Crippen LogP contribution is -2.00. The second-order valence-corrected chi connectivity index (χ2v) is 7.49. The molecule has 5 nitrogen and oxygen atoms in total. The Morgan fingerprint density at radius 1 is 0.897 bits per heavy atom. The molecule has 5 rings (SSSR count). The highest BCUT2D eigenvalue weighted by molar-refractivity contribution is 6.31. The third kappa shape index (κ3) is 3.41. The average molecular weight is 403 g/mol. The Kier molecular flexibility index (Phi) is 4.37. The summed E-state index contributed by atoms with van der Waals surface area (Å²) in [5.74, 6) is 0. The summed E-state index contributed by atoms with van der Waals surface area (Å²) in [7, 11) is 0. The Hall–Kier alpha value is -3.44. The maximum atomic E-state index is 11.5. The van der Waals surface area contributed by atoms with Gasteiger partial charge in [0.1, 0.15) is 0 Å². The van der Waals surface area contributed by atoms with E-state index >= 15 is 0 Å². The zero-order valence-corrected chi connectivity index (χ0v) is 16.3. The molecule has 0 fully saturated rings. The number of benzene rings is 3. The first-order valence-corrected chi connectivity index (χ1v) is 9.81. The van der Waals surface area contributed by atoms with Gasteiger partial charge in [0, 0.05) is 40.9 Å². The van der Waals surface area contributed by atoms with Gasteiger partial charge in [0.05, 0.1) is 11.0 Å². The van der Waals surface area contributed by atoms with Crippen LogP contribution in [0.25, 0.3) is 21.9 Å². The van der Waals surface area contributed by atoms with Crippen LogP contribution in [0.2, 0.25) is 5.02 Å². The molecule has 0 spiro atoms. The number of rotatable bonds is 5. The predicted molar refractivity (Wildman–Crippen MR) is 119 cm³/mol. The van der Waals surface area contributed by atoms with Crippen molar-refractivity contribution >= 4 is 39.2 Å². The van der Waals surface area contributed by atoms with Crippen LogP contribution in [0.3, 0.4) is 0 Å². The maximum absolute atomic E-state index is 11.5. The SMILES string of the molecule is O=c1[nH]c2ccc(NCc3cn(Cc4ccccc4Cl)c4ccccc34)cc2[nH]1. The van der Waals surface area contributed by atoms with Gasteiger partial charge in [0.25, 0.3) is 0 Å². The van der Waals surface area contributed by atoms with Gasteiger partial charge in [-0.2, -0.15) is 0 Å². The molecule has 0 bridgehead atoms. The molecule has 0 aliphatic heterocycles. The van der Waals surface area contributed by atoms with Gasteiger partial charge in [-0.15, -0.1) is 0 Å². The van der Waals surface area contributed by atoms with E-state index in [1.54, 1.807) is 0 Å². The van der Waals surface area contributed by atoms with Crippen molar-refractivity contribution in [1.29, 1.82) is 0 Å². The van der Waals surface area contributed by atoms with Gasteiger partial charge in [0.2, 0.25) is 0 Å². The molecule has 0 unspecified atom stereocenters. The first-order valence-electron chi connectivity index (χ1n) is 9.43. The fourth-order valence-corrected chi connectivity index (χ4v) is 3.94. The van der Waals surface area contributed by atoms with E-state index in [0.717, 1.165) is 33.9 Å². The van der Waals surface area contributed by atoms with E-state index in [1.807, 2.05) is 36.4 Å². The second-order valence-electron chi connectivity index (χ2n) is 7.08. The maximum Gasteiger partial charge on any atom is 0.323 e. The number of hydrogen-bond acceptors (Lipinski definition) is 2. The lowest BCUT2D eigenvalue weighted by atomic mass is 10.1. The standard InChI is InChI=1S/C23H19ClN4O/c24-19-7-3-1-5-15(19)13-28-14-16(18-6-2-4-8-22(18)28)12-25-17-9-10-20-21(11-17)27-23(29)26-20/h1-11,14,25H,12-13H2,(H2,26,27,29). The van der Waals surface area contributed by atoms with E-state index in [0.29, 0.717) is 6.54 Å². The fourth-order valence-electron chi connectivity index (χ4n) is 3.74. The predicted octanol–water partition coefficient (Wildman–Crippen LogP) is 5.12. The van der Waals surface area contributed by atoms with E-state index < -0.39 is 0 Å². The monoisotopic (exact) mass is 402 g/mol.